The Balaban J connectivity index is 2.34. The molecule has 2 rings (SSSR count). The topological polar surface area (TPSA) is 18.5 Å². The molecule has 1 aromatic heterocycles. The Kier molecular flexibility index (Phi) is 4.65. The quantitative estimate of drug-likeness (QED) is 0.589. The number of ether oxygens (including phenoxy) is 2. The third kappa shape index (κ3) is 3.39. The molecule has 0 radical (unpaired) electrons. The van der Waals surface area contributed by atoms with Crippen molar-refractivity contribution in [2.75, 3.05) is 13.9 Å². The number of rotatable bonds is 5. The molecule has 0 unspecified atom stereocenters. The molecule has 100 valence electrons. The van der Waals surface area contributed by atoms with Crippen molar-refractivity contribution in [1.29, 1.82) is 0 Å². The summed E-state index contributed by atoms with van der Waals surface area (Å²) in [5, 5.41) is 1.94. The van der Waals surface area contributed by atoms with E-state index in [2.05, 4.69) is 4.74 Å². The van der Waals surface area contributed by atoms with E-state index in [1.54, 1.807) is 29.5 Å². The highest BCUT2D eigenvalue weighted by molar-refractivity contribution is 7.13. The van der Waals surface area contributed by atoms with Crippen LogP contribution in [0.3, 0.4) is 0 Å². The summed E-state index contributed by atoms with van der Waals surface area (Å²) in [5.41, 5.74) is 1.22. The number of hydrogen-bond donors (Lipinski definition) is 0. The summed E-state index contributed by atoms with van der Waals surface area (Å²) in [6.07, 6.45) is -1.86. The van der Waals surface area contributed by atoms with E-state index in [1.165, 1.54) is 7.11 Å². The van der Waals surface area contributed by atoms with Gasteiger partial charge in [0.1, 0.15) is 0 Å². The van der Waals surface area contributed by atoms with Crippen LogP contribution in [0.25, 0.3) is 16.2 Å². The van der Waals surface area contributed by atoms with Gasteiger partial charge < -0.3 is 9.47 Å². The van der Waals surface area contributed by atoms with Gasteiger partial charge >= 0.3 is 6.08 Å². The SMILES string of the molecule is COCOC(=C(F)F)c1cccc(-c2cccs2)c1. The lowest BCUT2D eigenvalue weighted by atomic mass is 10.1. The normalized spacial score (nSPS) is 10.3. The molecule has 0 bridgehead atoms. The standard InChI is InChI=1S/C14H12F2O2S/c1-17-9-18-13(14(15)16)11-5-2-4-10(8-11)12-6-3-7-19-12/h2-8H,9H2,1H3. The van der Waals surface area contributed by atoms with Crippen molar-refractivity contribution in [3.05, 3.63) is 53.4 Å². The van der Waals surface area contributed by atoms with Crippen molar-refractivity contribution in [3.8, 4) is 10.4 Å². The Hall–Kier alpha value is -1.72. The average molecular weight is 282 g/mol. The molecule has 0 aliphatic heterocycles. The highest BCUT2D eigenvalue weighted by atomic mass is 32.1. The van der Waals surface area contributed by atoms with E-state index in [9.17, 15) is 8.78 Å². The summed E-state index contributed by atoms with van der Waals surface area (Å²) in [5.74, 6) is -0.444. The highest BCUT2D eigenvalue weighted by Crippen LogP contribution is 2.29. The minimum absolute atomic E-state index is 0.212. The van der Waals surface area contributed by atoms with Gasteiger partial charge in [-0.2, -0.15) is 8.78 Å². The maximum atomic E-state index is 12.9. The second-order valence-electron chi connectivity index (χ2n) is 3.70. The minimum Gasteiger partial charge on any atom is -0.461 e. The molecule has 0 atom stereocenters. The van der Waals surface area contributed by atoms with Crippen LogP contribution in [0.4, 0.5) is 8.78 Å². The zero-order chi connectivity index (χ0) is 13.7. The van der Waals surface area contributed by atoms with Crippen molar-refractivity contribution in [2.45, 2.75) is 0 Å². The molecule has 0 saturated carbocycles. The largest absolute Gasteiger partial charge is 0.461 e. The fraction of sp³-hybridized carbons (Fsp3) is 0.143. The summed E-state index contributed by atoms with van der Waals surface area (Å²) in [6.45, 7) is -0.212. The van der Waals surface area contributed by atoms with Gasteiger partial charge in [-0.05, 0) is 23.1 Å². The minimum atomic E-state index is -1.86. The molecule has 0 aliphatic rings. The first-order chi connectivity index (χ1) is 9.22. The van der Waals surface area contributed by atoms with Crippen LogP contribution < -0.4 is 0 Å². The first kappa shape index (κ1) is 13.7. The van der Waals surface area contributed by atoms with E-state index in [4.69, 9.17) is 4.74 Å². The Morgan fingerprint density at radius 1 is 1.21 bits per heavy atom. The first-order valence-corrected chi connectivity index (χ1v) is 6.41. The van der Waals surface area contributed by atoms with Crippen LogP contribution in [0.15, 0.2) is 47.9 Å². The van der Waals surface area contributed by atoms with Gasteiger partial charge in [-0.25, -0.2) is 0 Å². The molecule has 19 heavy (non-hydrogen) atoms. The molecule has 2 nitrogen and oxygen atoms in total. The van der Waals surface area contributed by atoms with Gasteiger partial charge in [-0.15, -0.1) is 11.3 Å². The van der Waals surface area contributed by atoms with Crippen LogP contribution >= 0.6 is 11.3 Å². The predicted molar refractivity (Wildman–Crippen MR) is 71.9 cm³/mol. The lowest BCUT2D eigenvalue weighted by Gasteiger charge is -2.09. The highest BCUT2D eigenvalue weighted by Gasteiger charge is 2.12. The van der Waals surface area contributed by atoms with Crippen LogP contribution in [0.5, 0.6) is 0 Å². The molecule has 0 saturated heterocycles. The summed E-state index contributed by atoms with van der Waals surface area (Å²) < 4.78 is 35.3. The molecule has 0 fully saturated rings. The molecule has 0 N–H and O–H groups in total. The van der Waals surface area contributed by atoms with Crippen LogP contribution in [0, 0.1) is 0 Å². The van der Waals surface area contributed by atoms with E-state index in [0.29, 0.717) is 5.56 Å². The average Bonchev–Trinajstić information content (AvgIpc) is 2.93. The fourth-order valence-corrected chi connectivity index (χ4v) is 2.35. The smallest absolute Gasteiger partial charge is 0.312 e. The maximum Gasteiger partial charge on any atom is 0.312 e. The Morgan fingerprint density at radius 2 is 2.05 bits per heavy atom. The van der Waals surface area contributed by atoms with E-state index in [0.717, 1.165) is 10.4 Å². The zero-order valence-electron chi connectivity index (χ0n) is 10.2. The van der Waals surface area contributed by atoms with Crippen molar-refractivity contribution in [1.82, 2.24) is 0 Å². The lowest BCUT2D eigenvalue weighted by Crippen LogP contribution is -1.98. The van der Waals surface area contributed by atoms with Crippen LogP contribution in [0.2, 0.25) is 0 Å². The third-order valence-corrected chi connectivity index (χ3v) is 3.34. The van der Waals surface area contributed by atoms with E-state index in [-0.39, 0.29) is 6.79 Å². The molecule has 5 heteroatoms. The number of thiophene rings is 1. The summed E-state index contributed by atoms with van der Waals surface area (Å²) >= 11 is 1.55. The van der Waals surface area contributed by atoms with Gasteiger partial charge in [0.2, 0.25) is 0 Å². The summed E-state index contributed by atoms with van der Waals surface area (Å²) in [6, 6.07) is 10.7. The molecule has 0 amide bonds. The van der Waals surface area contributed by atoms with E-state index in [1.807, 2.05) is 23.6 Å². The Labute approximate surface area is 113 Å². The van der Waals surface area contributed by atoms with Gasteiger partial charge in [0.25, 0.3) is 0 Å². The van der Waals surface area contributed by atoms with Crippen molar-refractivity contribution in [3.63, 3.8) is 0 Å². The van der Waals surface area contributed by atoms with Crippen molar-refractivity contribution >= 4 is 17.1 Å². The summed E-state index contributed by atoms with van der Waals surface area (Å²) in [4.78, 5) is 1.02. The third-order valence-electron chi connectivity index (χ3n) is 2.42. The van der Waals surface area contributed by atoms with Crippen molar-refractivity contribution in [2.24, 2.45) is 0 Å². The molecule has 0 aliphatic carbocycles. The predicted octanol–water partition coefficient (Wildman–Crippen LogP) is 4.60. The summed E-state index contributed by atoms with van der Waals surface area (Å²) in [7, 11) is 1.38. The van der Waals surface area contributed by atoms with Gasteiger partial charge in [0, 0.05) is 17.6 Å². The van der Waals surface area contributed by atoms with Gasteiger partial charge in [-0.1, -0.05) is 24.3 Å². The fourth-order valence-electron chi connectivity index (χ4n) is 1.62. The molecular weight excluding hydrogens is 270 g/mol. The Morgan fingerprint density at radius 3 is 2.68 bits per heavy atom. The second kappa shape index (κ2) is 6.45. The lowest BCUT2D eigenvalue weighted by molar-refractivity contribution is 0.0283. The van der Waals surface area contributed by atoms with E-state index >= 15 is 0 Å². The zero-order valence-corrected chi connectivity index (χ0v) is 11.0. The molecule has 1 heterocycles. The number of hydrogen-bond acceptors (Lipinski definition) is 3. The van der Waals surface area contributed by atoms with Gasteiger partial charge in [-0.3, -0.25) is 0 Å². The van der Waals surface area contributed by atoms with Crippen LogP contribution in [0.1, 0.15) is 5.56 Å². The maximum absolute atomic E-state index is 12.9. The van der Waals surface area contributed by atoms with Gasteiger partial charge in [0.15, 0.2) is 12.6 Å². The second-order valence-corrected chi connectivity index (χ2v) is 4.65. The van der Waals surface area contributed by atoms with Crippen LogP contribution in [-0.2, 0) is 9.47 Å². The van der Waals surface area contributed by atoms with Gasteiger partial charge in [0.05, 0.1) is 0 Å². The van der Waals surface area contributed by atoms with Crippen molar-refractivity contribution < 1.29 is 18.3 Å². The number of benzene rings is 1. The van der Waals surface area contributed by atoms with Crippen LogP contribution in [-0.4, -0.2) is 13.9 Å². The molecule has 2 aromatic rings. The monoisotopic (exact) mass is 282 g/mol. The molecule has 0 spiro atoms. The molecular formula is C14H12F2O2S. The first-order valence-electron chi connectivity index (χ1n) is 5.53. The molecule has 1 aromatic carbocycles. The number of halogens is 2. The van der Waals surface area contributed by atoms with E-state index < -0.39 is 11.8 Å². The Bertz CT molecular complexity index is 561. The number of methoxy groups -OCH3 is 1.